The van der Waals surface area contributed by atoms with Gasteiger partial charge in [-0.2, -0.15) is 13.2 Å². The van der Waals surface area contributed by atoms with Crippen LogP contribution in [0, 0.1) is 0 Å². The van der Waals surface area contributed by atoms with Gasteiger partial charge < -0.3 is 21.3 Å². The third-order valence-electron chi connectivity index (χ3n) is 3.34. The van der Waals surface area contributed by atoms with E-state index in [-0.39, 0.29) is 25.3 Å². The number of alkyl halides is 3. The Hall–Kier alpha value is -3.31. The number of nitrogens with two attached hydrogens (primary N) is 1. The number of hydrogen-bond acceptors (Lipinski definition) is 5. The number of carboxylic acids is 2. The molecule has 1 unspecified atom stereocenters. The zero-order valence-electron chi connectivity index (χ0n) is 13.7. The number of imide groups is 1. The molecule has 5 N–H and O–H groups in total. The number of hydrogen-bond donors (Lipinski definition) is 4. The van der Waals surface area contributed by atoms with E-state index in [0.29, 0.717) is 5.69 Å². The number of amides is 3. The maximum atomic E-state index is 11.8. The van der Waals surface area contributed by atoms with E-state index in [2.05, 4.69) is 5.32 Å². The fourth-order valence-electron chi connectivity index (χ4n) is 2.02. The van der Waals surface area contributed by atoms with Crippen LogP contribution in [0.2, 0.25) is 0 Å². The Kier molecular flexibility index (Phi) is 7.14. The summed E-state index contributed by atoms with van der Waals surface area (Å²) >= 11 is 0. The first-order valence-electron chi connectivity index (χ1n) is 7.38. The van der Waals surface area contributed by atoms with Crippen molar-refractivity contribution in [1.82, 2.24) is 10.2 Å². The lowest BCUT2D eigenvalue weighted by atomic mass is 9.99. The number of likely N-dealkylation sites (tertiary alicyclic amines) is 1. The number of halogens is 3. The van der Waals surface area contributed by atoms with Crippen molar-refractivity contribution in [1.29, 1.82) is 0 Å². The van der Waals surface area contributed by atoms with E-state index in [0.717, 1.165) is 10.5 Å². The van der Waals surface area contributed by atoms with E-state index < -0.39 is 30.2 Å². The molecule has 2 rings (SSSR count). The van der Waals surface area contributed by atoms with E-state index in [9.17, 15) is 27.6 Å². The Morgan fingerprint density at radius 2 is 1.70 bits per heavy atom. The highest BCUT2D eigenvalue weighted by atomic mass is 19.4. The van der Waals surface area contributed by atoms with E-state index in [4.69, 9.17) is 20.7 Å². The minimum absolute atomic E-state index is 0.0988. The first-order chi connectivity index (χ1) is 12.4. The molecule has 1 fully saturated rings. The van der Waals surface area contributed by atoms with Gasteiger partial charge in [0.2, 0.25) is 5.91 Å². The van der Waals surface area contributed by atoms with Gasteiger partial charge in [-0.1, -0.05) is 12.1 Å². The lowest BCUT2D eigenvalue weighted by Crippen LogP contribution is -2.59. The molecular formula is C15H16F3N3O6. The minimum Gasteiger partial charge on any atom is -0.481 e. The molecule has 0 radical (unpaired) electrons. The second kappa shape index (κ2) is 8.87. The molecule has 1 aliphatic heterocycles. The summed E-state index contributed by atoms with van der Waals surface area (Å²) in [7, 11) is 0. The Balaban J connectivity index is 0.000000445. The highest BCUT2D eigenvalue weighted by molar-refractivity contribution is 6.00. The van der Waals surface area contributed by atoms with Crippen molar-refractivity contribution in [3.05, 3.63) is 29.8 Å². The highest BCUT2D eigenvalue weighted by Gasteiger charge is 2.41. The molecule has 1 aromatic rings. The summed E-state index contributed by atoms with van der Waals surface area (Å²) in [4.78, 5) is 43.7. The molecule has 148 valence electrons. The van der Waals surface area contributed by atoms with Crippen LogP contribution >= 0.6 is 0 Å². The van der Waals surface area contributed by atoms with Gasteiger partial charge in [0.15, 0.2) is 0 Å². The quantitative estimate of drug-likeness (QED) is 0.445. The highest BCUT2D eigenvalue weighted by Crippen LogP contribution is 2.22. The van der Waals surface area contributed by atoms with E-state index in [1.54, 1.807) is 24.3 Å². The third kappa shape index (κ3) is 6.84. The Morgan fingerprint density at radius 3 is 2.11 bits per heavy atom. The fraction of sp³-hybridized carbons (Fsp3) is 0.333. The predicted molar refractivity (Wildman–Crippen MR) is 84.3 cm³/mol. The van der Waals surface area contributed by atoms with E-state index in [1.165, 1.54) is 0 Å². The molecule has 0 aliphatic carbocycles. The lowest BCUT2D eigenvalue weighted by Gasteiger charge is -2.37. The summed E-state index contributed by atoms with van der Waals surface area (Å²) in [5.41, 5.74) is 7.02. The van der Waals surface area contributed by atoms with Crippen LogP contribution in [0.15, 0.2) is 24.3 Å². The number of nitrogens with zero attached hydrogens (tertiary/aromatic N) is 1. The molecule has 12 heteroatoms. The molecule has 27 heavy (non-hydrogen) atoms. The van der Waals surface area contributed by atoms with Gasteiger partial charge in [-0.15, -0.1) is 0 Å². The Labute approximate surface area is 150 Å². The molecule has 1 heterocycles. The molecule has 1 saturated heterocycles. The van der Waals surface area contributed by atoms with E-state index >= 15 is 0 Å². The number of nitrogens with one attached hydrogen (secondary N) is 1. The Bertz CT molecular complexity index is 721. The molecule has 9 nitrogen and oxygen atoms in total. The van der Waals surface area contributed by atoms with Crippen molar-refractivity contribution in [2.75, 3.05) is 5.73 Å². The summed E-state index contributed by atoms with van der Waals surface area (Å²) in [5.74, 6) is -4.14. The SMILES string of the molecule is Nc1ccc(CNC(=O)N2C(=O)CC2CC(=O)O)cc1.O=C(O)C(F)(F)F. The molecule has 0 bridgehead atoms. The van der Waals surface area contributed by atoms with Gasteiger partial charge in [0, 0.05) is 18.7 Å². The Morgan fingerprint density at radius 1 is 1.19 bits per heavy atom. The largest absolute Gasteiger partial charge is 0.490 e. The molecule has 3 amide bonds. The van der Waals surface area contributed by atoms with Gasteiger partial charge in [0.25, 0.3) is 0 Å². The number of rotatable bonds is 4. The summed E-state index contributed by atoms with van der Waals surface area (Å²) < 4.78 is 31.7. The maximum Gasteiger partial charge on any atom is 0.490 e. The number of aliphatic carboxylic acids is 2. The van der Waals surface area contributed by atoms with Gasteiger partial charge in [0.05, 0.1) is 12.5 Å². The topological polar surface area (TPSA) is 150 Å². The molecular weight excluding hydrogens is 375 g/mol. The zero-order valence-corrected chi connectivity index (χ0v) is 13.7. The number of nitrogen functional groups attached to an aromatic ring is 1. The number of benzene rings is 1. The van der Waals surface area contributed by atoms with Gasteiger partial charge in [-0.3, -0.25) is 14.5 Å². The molecule has 1 aromatic carbocycles. The minimum atomic E-state index is -5.08. The van der Waals surface area contributed by atoms with Crippen molar-refractivity contribution in [3.8, 4) is 0 Å². The van der Waals surface area contributed by atoms with Crippen molar-refractivity contribution >= 4 is 29.6 Å². The van der Waals surface area contributed by atoms with Gasteiger partial charge >= 0.3 is 24.1 Å². The number of carbonyl (C=O) groups excluding carboxylic acids is 2. The summed E-state index contributed by atoms with van der Waals surface area (Å²) in [6.07, 6.45) is -5.21. The molecule has 1 aliphatic rings. The second-order valence-electron chi connectivity index (χ2n) is 5.42. The predicted octanol–water partition coefficient (Wildman–Crippen LogP) is 1.19. The van der Waals surface area contributed by atoms with Crippen molar-refractivity contribution in [3.63, 3.8) is 0 Å². The number of carbonyl (C=O) groups is 4. The summed E-state index contributed by atoms with van der Waals surface area (Å²) in [5, 5.41) is 18.4. The molecule has 0 aromatic heterocycles. The summed E-state index contributed by atoms with van der Waals surface area (Å²) in [6, 6.07) is 5.84. The maximum absolute atomic E-state index is 11.8. The van der Waals surface area contributed by atoms with Crippen LogP contribution in [-0.2, 0) is 20.9 Å². The van der Waals surface area contributed by atoms with Crippen LogP contribution in [0.1, 0.15) is 18.4 Å². The number of urea groups is 1. The molecule has 0 spiro atoms. The lowest BCUT2D eigenvalue weighted by molar-refractivity contribution is -0.192. The van der Waals surface area contributed by atoms with Crippen LogP contribution in [0.5, 0.6) is 0 Å². The van der Waals surface area contributed by atoms with Crippen molar-refractivity contribution in [2.45, 2.75) is 31.6 Å². The van der Waals surface area contributed by atoms with Crippen LogP contribution in [0.3, 0.4) is 0 Å². The number of carboxylic acid groups (broad SMARTS) is 2. The molecule has 1 atom stereocenters. The standard InChI is InChI=1S/C13H15N3O4.C2HF3O2/c14-9-3-1-8(2-4-9)7-15-13(20)16-10(5-11(16)17)6-12(18)19;3-2(4,5)1(6)7/h1-4,10H,5-7,14H2,(H,15,20)(H,18,19);(H,6,7). The number of anilines is 1. The first kappa shape index (κ1) is 21.7. The zero-order chi connectivity index (χ0) is 20.8. The van der Waals surface area contributed by atoms with E-state index in [1.807, 2.05) is 0 Å². The molecule has 0 saturated carbocycles. The normalized spacial score (nSPS) is 15.9. The van der Waals surface area contributed by atoms with Crippen molar-refractivity contribution < 1.29 is 42.6 Å². The smallest absolute Gasteiger partial charge is 0.481 e. The van der Waals surface area contributed by atoms with Crippen LogP contribution in [0.4, 0.5) is 23.7 Å². The van der Waals surface area contributed by atoms with Gasteiger partial charge in [-0.05, 0) is 17.7 Å². The van der Waals surface area contributed by atoms with Gasteiger partial charge in [0.1, 0.15) is 0 Å². The monoisotopic (exact) mass is 391 g/mol. The van der Waals surface area contributed by atoms with Gasteiger partial charge in [-0.25, -0.2) is 9.59 Å². The summed E-state index contributed by atoms with van der Waals surface area (Å²) in [6.45, 7) is 0.253. The third-order valence-corrected chi connectivity index (χ3v) is 3.34. The number of β-lactam (4-membered cyclic amide) rings is 1. The first-order valence-corrected chi connectivity index (χ1v) is 7.38. The second-order valence-corrected chi connectivity index (χ2v) is 5.42. The van der Waals surface area contributed by atoms with Crippen LogP contribution < -0.4 is 11.1 Å². The van der Waals surface area contributed by atoms with Crippen LogP contribution in [0.25, 0.3) is 0 Å². The average Bonchev–Trinajstić information content (AvgIpc) is 2.53. The average molecular weight is 391 g/mol. The van der Waals surface area contributed by atoms with Crippen LogP contribution in [-0.4, -0.2) is 51.2 Å². The van der Waals surface area contributed by atoms with Crippen molar-refractivity contribution in [2.24, 2.45) is 0 Å². The fourth-order valence-corrected chi connectivity index (χ4v) is 2.02.